The van der Waals surface area contributed by atoms with E-state index < -0.39 is 48.8 Å². The van der Waals surface area contributed by atoms with Crippen LogP contribution in [0, 0.1) is 6.92 Å². The average molecular weight is 446 g/mol. The van der Waals surface area contributed by atoms with Crippen LogP contribution in [0.4, 0.5) is 0 Å². The van der Waals surface area contributed by atoms with Crippen LogP contribution < -0.4 is 0 Å². The molecule has 0 amide bonds. The monoisotopic (exact) mass is 446 g/mol. The minimum absolute atomic E-state index is 0.243. The lowest BCUT2D eigenvalue weighted by molar-refractivity contribution is -0.190. The van der Waals surface area contributed by atoms with Gasteiger partial charge in [-0.3, -0.25) is 19.2 Å². The number of aromatic nitrogens is 2. The molecule has 0 N–H and O–H groups in total. The zero-order chi connectivity index (χ0) is 23.8. The number of carbonyl (C=O) groups is 4. The Balaban J connectivity index is 2.46. The fraction of sp³-hybridized carbons (Fsp3) is 0.409. The number of rotatable bonds is 9. The number of ether oxygens (including phenoxy) is 4. The van der Waals surface area contributed by atoms with Gasteiger partial charge in [-0.2, -0.15) is 0 Å². The first-order valence-electron chi connectivity index (χ1n) is 9.82. The lowest BCUT2D eigenvalue weighted by Gasteiger charge is -2.30. The topological polar surface area (TPSA) is 123 Å². The Bertz CT molecular complexity index is 967. The van der Waals surface area contributed by atoms with Gasteiger partial charge in [0.1, 0.15) is 12.3 Å². The number of hydrogen-bond acceptors (Lipinski definition) is 9. The Hall–Kier alpha value is -3.69. The van der Waals surface area contributed by atoms with E-state index in [4.69, 9.17) is 18.9 Å². The van der Waals surface area contributed by atoms with Crippen LogP contribution >= 0.6 is 0 Å². The van der Waals surface area contributed by atoms with Crippen molar-refractivity contribution in [2.75, 3.05) is 6.61 Å². The van der Waals surface area contributed by atoms with E-state index in [9.17, 15) is 19.2 Å². The number of nitrogens with zero attached hydrogens (tertiary/aromatic N) is 2. The number of benzene rings is 1. The quantitative estimate of drug-likeness (QED) is 0.421. The van der Waals surface area contributed by atoms with Crippen molar-refractivity contribution < 1.29 is 38.1 Å². The molecule has 3 atom stereocenters. The van der Waals surface area contributed by atoms with Crippen LogP contribution in [0.1, 0.15) is 45.1 Å². The lowest BCUT2D eigenvalue weighted by Crippen LogP contribution is -2.43. The molecule has 2 aromatic rings. The second-order valence-corrected chi connectivity index (χ2v) is 7.10. The largest absolute Gasteiger partial charge is 0.462 e. The third-order valence-corrected chi connectivity index (χ3v) is 4.25. The van der Waals surface area contributed by atoms with E-state index >= 15 is 0 Å². The lowest BCUT2D eigenvalue weighted by atomic mass is 10.0. The Morgan fingerprint density at radius 2 is 1.47 bits per heavy atom. The standard InChI is InChI=1S/C22H26N2O8/c1-13-6-8-18(9-7-13)24-10-19(23-12-24)21(31-16(4)27)22(32-17(5)28)20(30-15(3)26)11-29-14(2)25/h6-10,12,20-22H,11H2,1-5H3/t20-,21-,22-/m1/s1. The van der Waals surface area contributed by atoms with Crippen molar-refractivity contribution in [2.24, 2.45) is 0 Å². The Morgan fingerprint density at radius 1 is 0.875 bits per heavy atom. The molecule has 0 aliphatic rings. The zero-order valence-electron chi connectivity index (χ0n) is 18.6. The number of hydrogen-bond donors (Lipinski definition) is 0. The molecule has 0 saturated heterocycles. The smallest absolute Gasteiger partial charge is 0.303 e. The van der Waals surface area contributed by atoms with Gasteiger partial charge < -0.3 is 23.5 Å². The van der Waals surface area contributed by atoms with Gasteiger partial charge in [-0.25, -0.2) is 4.98 Å². The van der Waals surface area contributed by atoms with Crippen molar-refractivity contribution in [3.63, 3.8) is 0 Å². The first-order valence-corrected chi connectivity index (χ1v) is 9.82. The highest BCUT2D eigenvalue weighted by Gasteiger charge is 2.40. The molecule has 2 rings (SSSR count). The minimum atomic E-state index is -1.32. The summed E-state index contributed by atoms with van der Waals surface area (Å²) >= 11 is 0. The van der Waals surface area contributed by atoms with Gasteiger partial charge in [-0.05, 0) is 19.1 Å². The molecule has 1 aromatic heterocycles. The van der Waals surface area contributed by atoms with Crippen LogP contribution in [-0.4, -0.2) is 52.2 Å². The maximum absolute atomic E-state index is 11.9. The van der Waals surface area contributed by atoms with E-state index in [-0.39, 0.29) is 5.69 Å². The van der Waals surface area contributed by atoms with E-state index in [1.807, 2.05) is 31.2 Å². The van der Waals surface area contributed by atoms with Gasteiger partial charge in [0.05, 0.1) is 6.33 Å². The molecular formula is C22H26N2O8. The van der Waals surface area contributed by atoms with Gasteiger partial charge >= 0.3 is 23.9 Å². The molecule has 0 saturated carbocycles. The number of imidazole rings is 1. The molecule has 0 bridgehead atoms. The SMILES string of the molecule is CC(=O)OC[C@@H](OC(C)=O)[C@@H](OC(C)=O)[C@H](OC(C)=O)c1cn(-c2ccc(C)cc2)cn1. The summed E-state index contributed by atoms with van der Waals surface area (Å²) in [6.07, 6.45) is -0.683. The highest BCUT2D eigenvalue weighted by atomic mass is 16.6. The third-order valence-electron chi connectivity index (χ3n) is 4.25. The van der Waals surface area contributed by atoms with Crippen LogP contribution in [0.5, 0.6) is 0 Å². The van der Waals surface area contributed by atoms with Crippen molar-refractivity contribution in [3.05, 3.63) is 48.0 Å². The first-order chi connectivity index (χ1) is 15.1. The highest BCUT2D eigenvalue weighted by Crippen LogP contribution is 2.28. The zero-order valence-corrected chi connectivity index (χ0v) is 18.6. The summed E-state index contributed by atoms with van der Waals surface area (Å²) in [7, 11) is 0. The fourth-order valence-corrected chi connectivity index (χ4v) is 2.95. The molecule has 32 heavy (non-hydrogen) atoms. The molecule has 1 heterocycles. The second kappa shape index (κ2) is 11.1. The molecule has 172 valence electrons. The molecule has 0 aliphatic heterocycles. The summed E-state index contributed by atoms with van der Waals surface area (Å²) in [5, 5.41) is 0. The van der Waals surface area contributed by atoms with E-state index in [1.54, 1.807) is 10.8 Å². The number of aryl methyl sites for hydroxylation is 1. The van der Waals surface area contributed by atoms with E-state index in [0.29, 0.717) is 0 Å². The molecule has 0 unspecified atom stereocenters. The van der Waals surface area contributed by atoms with Gasteiger partial charge in [0.25, 0.3) is 0 Å². The third kappa shape index (κ3) is 7.22. The summed E-state index contributed by atoms with van der Waals surface area (Å²) in [5.74, 6) is -2.72. The van der Waals surface area contributed by atoms with Crippen LogP contribution in [0.3, 0.4) is 0 Å². The number of esters is 4. The molecule has 10 heteroatoms. The number of carbonyl (C=O) groups excluding carboxylic acids is 4. The first kappa shape index (κ1) is 24.6. The van der Waals surface area contributed by atoms with E-state index in [0.717, 1.165) is 25.1 Å². The molecule has 0 spiro atoms. The maximum Gasteiger partial charge on any atom is 0.303 e. The van der Waals surface area contributed by atoms with Crippen molar-refractivity contribution in [1.29, 1.82) is 0 Å². The summed E-state index contributed by atoms with van der Waals surface area (Å²) in [4.78, 5) is 50.9. The summed E-state index contributed by atoms with van der Waals surface area (Å²) in [5.41, 5.74) is 2.12. The van der Waals surface area contributed by atoms with Gasteiger partial charge in [-0.15, -0.1) is 0 Å². The Labute approximate surface area is 185 Å². The van der Waals surface area contributed by atoms with Crippen molar-refractivity contribution >= 4 is 23.9 Å². The predicted octanol–water partition coefficient (Wildman–Crippen LogP) is 2.21. The van der Waals surface area contributed by atoms with Crippen molar-refractivity contribution in [3.8, 4) is 5.69 Å². The average Bonchev–Trinajstić information content (AvgIpc) is 3.17. The molecule has 0 fully saturated rings. The van der Waals surface area contributed by atoms with Gasteiger partial charge in [-0.1, -0.05) is 17.7 Å². The molecule has 0 radical (unpaired) electrons. The van der Waals surface area contributed by atoms with Crippen LogP contribution in [0.15, 0.2) is 36.8 Å². The van der Waals surface area contributed by atoms with Crippen LogP contribution in [0.2, 0.25) is 0 Å². The van der Waals surface area contributed by atoms with Gasteiger partial charge in [0.2, 0.25) is 0 Å². The summed E-state index contributed by atoms with van der Waals surface area (Å²) in [6, 6.07) is 7.62. The van der Waals surface area contributed by atoms with Crippen molar-refractivity contribution in [2.45, 2.75) is 52.9 Å². The minimum Gasteiger partial charge on any atom is -0.462 e. The summed E-state index contributed by atoms with van der Waals surface area (Å²) < 4.78 is 22.7. The van der Waals surface area contributed by atoms with Gasteiger partial charge in [0, 0.05) is 39.6 Å². The molecular weight excluding hydrogens is 420 g/mol. The molecule has 0 aliphatic carbocycles. The second-order valence-electron chi connectivity index (χ2n) is 7.10. The summed E-state index contributed by atoms with van der Waals surface area (Å²) in [6.45, 7) is 6.21. The predicted molar refractivity (Wildman–Crippen MR) is 111 cm³/mol. The molecule has 1 aromatic carbocycles. The maximum atomic E-state index is 11.9. The Kier molecular flexibility index (Phi) is 8.51. The molecule has 10 nitrogen and oxygen atoms in total. The normalized spacial score (nSPS) is 13.4. The fourth-order valence-electron chi connectivity index (χ4n) is 2.95. The van der Waals surface area contributed by atoms with E-state index in [1.165, 1.54) is 20.2 Å². The Morgan fingerprint density at radius 3 is 2.00 bits per heavy atom. The van der Waals surface area contributed by atoms with Crippen molar-refractivity contribution in [1.82, 2.24) is 9.55 Å². The van der Waals surface area contributed by atoms with E-state index in [2.05, 4.69) is 4.98 Å². The van der Waals surface area contributed by atoms with Crippen LogP contribution in [-0.2, 0) is 38.1 Å². The van der Waals surface area contributed by atoms with Crippen LogP contribution in [0.25, 0.3) is 5.69 Å². The highest BCUT2D eigenvalue weighted by molar-refractivity contribution is 5.69. The van der Waals surface area contributed by atoms with Gasteiger partial charge in [0.15, 0.2) is 18.3 Å².